The summed E-state index contributed by atoms with van der Waals surface area (Å²) in [7, 11) is 0. The zero-order valence-electron chi connectivity index (χ0n) is 3.29. The van der Waals surface area contributed by atoms with Gasteiger partial charge in [0.05, 0.1) is 0 Å². The van der Waals surface area contributed by atoms with Crippen LogP contribution in [0.25, 0.3) is 0 Å². The lowest BCUT2D eigenvalue weighted by molar-refractivity contribution is 0.339. The molecule has 0 saturated heterocycles. The summed E-state index contributed by atoms with van der Waals surface area (Å²) >= 11 is 0. The molecule has 0 spiro atoms. The minimum atomic E-state index is -0.750. The highest BCUT2D eigenvalue weighted by atomic mass is 19.1. The summed E-state index contributed by atoms with van der Waals surface area (Å²) in [5.41, 5.74) is -0.750. The van der Waals surface area contributed by atoms with Gasteiger partial charge in [0.25, 0.3) is 0 Å². The lowest BCUT2D eigenvalue weighted by Crippen LogP contribution is -1.83. The molecular formula is C4H7F. The highest BCUT2D eigenvalue weighted by Crippen LogP contribution is 2.38. The van der Waals surface area contributed by atoms with Gasteiger partial charge in [0, 0.05) is 0 Å². The molecule has 1 saturated carbocycles. The summed E-state index contributed by atoms with van der Waals surface area (Å²) < 4.78 is 11.8. The van der Waals surface area contributed by atoms with Crippen LogP contribution < -0.4 is 0 Å². The van der Waals surface area contributed by atoms with Crippen LogP contribution in [0.4, 0.5) is 4.39 Å². The topological polar surface area (TPSA) is 0 Å². The molecule has 1 aliphatic carbocycles. The highest BCUT2D eigenvalue weighted by molar-refractivity contribution is 4.88. The molecule has 1 rings (SSSR count). The van der Waals surface area contributed by atoms with Gasteiger partial charge in [0.15, 0.2) is 0 Å². The molecule has 0 atom stereocenters. The predicted octanol–water partition coefficient (Wildman–Crippen LogP) is 1.51. The quantitative estimate of drug-likeness (QED) is 0.408. The fourth-order valence-electron chi connectivity index (χ4n) is 0.172. The smallest absolute Gasteiger partial charge is 0.108 e. The molecule has 0 amide bonds. The largest absolute Gasteiger partial charge is 0.244 e. The van der Waals surface area contributed by atoms with E-state index in [-0.39, 0.29) is 0 Å². The molecule has 0 radical (unpaired) electrons. The lowest BCUT2D eigenvalue weighted by Gasteiger charge is -1.81. The van der Waals surface area contributed by atoms with Crippen molar-refractivity contribution in [1.29, 1.82) is 0 Å². The molecule has 0 heterocycles. The molecule has 5 heavy (non-hydrogen) atoms. The second kappa shape index (κ2) is 0.537. The van der Waals surface area contributed by atoms with Crippen molar-refractivity contribution in [1.82, 2.24) is 0 Å². The van der Waals surface area contributed by atoms with Crippen LogP contribution in [0, 0.1) is 0 Å². The van der Waals surface area contributed by atoms with E-state index in [2.05, 4.69) is 0 Å². The summed E-state index contributed by atoms with van der Waals surface area (Å²) in [6.45, 7) is 1.63. The van der Waals surface area contributed by atoms with Crippen LogP contribution in [-0.4, -0.2) is 5.67 Å². The van der Waals surface area contributed by atoms with Gasteiger partial charge in [-0.3, -0.25) is 0 Å². The molecule has 1 aliphatic rings. The van der Waals surface area contributed by atoms with Crippen molar-refractivity contribution in [2.75, 3.05) is 0 Å². The van der Waals surface area contributed by atoms with E-state index >= 15 is 0 Å². The normalized spacial score (nSPS) is 30.0. The van der Waals surface area contributed by atoms with Crippen molar-refractivity contribution in [2.45, 2.75) is 25.4 Å². The Morgan fingerprint density at radius 1 is 1.60 bits per heavy atom. The average Bonchev–Trinajstić information content (AvgIpc) is 1.76. The summed E-state index contributed by atoms with van der Waals surface area (Å²) in [5, 5.41) is 0. The van der Waals surface area contributed by atoms with E-state index in [1.165, 1.54) is 0 Å². The van der Waals surface area contributed by atoms with Crippen molar-refractivity contribution in [3.05, 3.63) is 0 Å². The van der Waals surface area contributed by atoms with Gasteiger partial charge < -0.3 is 0 Å². The van der Waals surface area contributed by atoms with E-state index in [4.69, 9.17) is 0 Å². The standard InChI is InChI=1S/C4H7F/c1-4(5)2-3-4/h2-3H2,1H3. The van der Waals surface area contributed by atoms with Crippen LogP contribution in [0.5, 0.6) is 0 Å². The van der Waals surface area contributed by atoms with Crippen molar-refractivity contribution >= 4 is 0 Å². The average molecular weight is 74.1 g/mol. The van der Waals surface area contributed by atoms with Crippen LogP contribution in [0.15, 0.2) is 0 Å². The Morgan fingerprint density at radius 2 is 1.80 bits per heavy atom. The molecule has 1 heteroatoms. The third kappa shape index (κ3) is 0.602. The molecule has 0 aromatic heterocycles. The first-order valence-corrected chi connectivity index (χ1v) is 1.90. The third-order valence-corrected chi connectivity index (χ3v) is 0.939. The molecule has 0 aliphatic heterocycles. The number of hydrogen-bond acceptors (Lipinski definition) is 0. The fraction of sp³-hybridized carbons (Fsp3) is 1.00. The van der Waals surface area contributed by atoms with Gasteiger partial charge in [0.1, 0.15) is 5.67 Å². The van der Waals surface area contributed by atoms with Crippen LogP contribution in [-0.2, 0) is 0 Å². The molecule has 1 fully saturated rings. The summed E-state index contributed by atoms with van der Waals surface area (Å²) in [4.78, 5) is 0. The first-order valence-electron chi connectivity index (χ1n) is 1.90. The van der Waals surface area contributed by atoms with Crippen molar-refractivity contribution < 1.29 is 4.39 Å². The zero-order chi connectivity index (χ0) is 3.91. The van der Waals surface area contributed by atoms with Gasteiger partial charge in [-0.05, 0) is 19.8 Å². The molecule has 0 nitrogen and oxygen atoms in total. The number of alkyl halides is 1. The van der Waals surface area contributed by atoms with E-state index in [9.17, 15) is 4.39 Å². The molecular weight excluding hydrogens is 67.0 g/mol. The second-order valence-electron chi connectivity index (χ2n) is 1.91. The van der Waals surface area contributed by atoms with Gasteiger partial charge in [-0.15, -0.1) is 0 Å². The Labute approximate surface area is 31.0 Å². The first kappa shape index (κ1) is 3.13. The molecule has 0 unspecified atom stereocenters. The van der Waals surface area contributed by atoms with E-state index in [1.807, 2.05) is 0 Å². The Balaban J connectivity index is 2.38. The lowest BCUT2D eigenvalue weighted by atomic mass is 10.5. The Bertz CT molecular complexity index is 41.6. The van der Waals surface area contributed by atoms with Gasteiger partial charge in [0.2, 0.25) is 0 Å². The van der Waals surface area contributed by atoms with Crippen LogP contribution >= 0.6 is 0 Å². The third-order valence-electron chi connectivity index (χ3n) is 0.939. The monoisotopic (exact) mass is 74.1 g/mol. The Morgan fingerprint density at radius 3 is 1.80 bits per heavy atom. The fourth-order valence-corrected chi connectivity index (χ4v) is 0.172. The van der Waals surface area contributed by atoms with E-state index in [0.29, 0.717) is 0 Å². The minimum absolute atomic E-state index is 0.750. The molecule has 0 aromatic rings. The number of halogens is 1. The maximum atomic E-state index is 11.8. The minimum Gasteiger partial charge on any atom is -0.244 e. The van der Waals surface area contributed by atoms with Crippen molar-refractivity contribution in [2.24, 2.45) is 0 Å². The summed E-state index contributed by atoms with van der Waals surface area (Å²) in [5.74, 6) is 0. The number of hydrogen-bond donors (Lipinski definition) is 0. The van der Waals surface area contributed by atoms with Crippen LogP contribution in [0.1, 0.15) is 19.8 Å². The Kier molecular flexibility index (Phi) is 0.336. The van der Waals surface area contributed by atoms with Gasteiger partial charge in [-0.25, -0.2) is 4.39 Å². The van der Waals surface area contributed by atoms with E-state index in [1.54, 1.807) is 6.92 Å². The van der Waals surface area contributed by atoms with Gasteiger partial charge in [-0.2, -0.15) is 0 Å². The summed E-state index contributed by atoms with van der Waals surface area (Å²) in [6, 6.07) is 0. The van der Waals surface area contributed by atoms with E-state index in [0.717, 1.165) is 12.8 Å². The maximum Gasteiger partial charge on any atom is 0.108 e. The number of rotatable bonds is 0. The second-order valence-corrected chi connectivity index (χ2v) is 1.91. The Hall–Kier alpha value is -0.0700. The summed E-state index contributed by atoms with van der Waals surface area (Å²) in [6.07, 6.45) is 1.57. The zero-order valence-corrected chi connectivity index (χ0v) is 3.29. The van der Waals surface area contributed by atoms with Gasteiger partial charge in [-0.1, -0.05) is 0 Å². The van der Waals surface area contributed by atoms with Crippen LogP contribution in [0.3, 0.4) is 0 Å². The SMILES string of the molecule is CC1(F)CC1. The molecule has 0 N–H and O–H groups in total. The molecule has 0 aromatic carbocycles. The molecule has 30 valence electrons. The predicted molar refractivity (Wildman–Crippen MR) is 18.7 cm³/mol. The molecule has 0 bridgehead atoms. The van der Waals surface area contributed by atoms with Gasteiger partial charge >= 0.3 is 0 Å². The van der Waals surface area contributed by atoms with Crippen molar-refractivity contribution in [3.63, 3.8) is 0 Å². The first-order chi connectivity index (χ1) is 2.21. The van der Waals surface area contributed by atoms with E-state index < -0.39 is 5.67 Å². The van der Waals surface area contributed by atoms with Crippen molar-refractivity contribution in [3.8, 4) is 0 Å². The van der Waals surface area contributed by atoms with Crippen LogP contribution in [0.2, 0.25) is 0 Å². The highest BCUT2D eigenvalue weighted by Gasteiger charge is 2.36. The maximum absolute atomic E-state index is 11.8.